The van der Waals surface area contributed by atoms with Crippen molar-refractivity contribution in [1.82, 2.24) is 4.84 Å². The van der Waals surface area contributed by atoms with Crippen LogP contribution in [0.15, 0.2) is 10.4 Å². The highest BCUT2D eigenvalue weighted by atomic mass is 35.5. The minimum Gasteiger partial charge on any atom is -0.479 e. The summed E-state index contributed by atoms with van der Waals surface area (Å²) in [5.41, 5.74) is 0. The minimum atomic E-state index is -2.26. The Morgan fingerprint density at radius 3 is 2.00 bits per heavy atom. The van der Waals surface area contributed by atoms with E-state index in [4.69, 9.17) is 16.9 Å². The average Bonchev–Trinajstić information content (AvgIpc) is 2.29. The molecule has 0 aliphatic heterocycles. The summed E-state index contributed by atoms with van der Waals surface area (Å²) in [6.45, 7) is 0. The van der Waals surface area contributed by atoms with Crippen molar-refractivity contribution in [1.29, 1.82) is 0 Å². The van der Waals surface area contributed by atoms with Gasteiger partial charge in [0.1, 0.15) is 6.10 Å². The van der Waals surface area contributed by atoms with Gasteiger partial charge in [0.2, 0.25) is 6.04 Å². The van der Waals surface area contributed by atoms with Gasteiger partial charge >= 0.3 is 5.97 Å². The molecule has 0 aromatic heterocycles. The van der Waals surface area contributed by atoms with Crippen LogP contribution in [0.1, 0.15) is 0 Å². The molecular weight excluding hydrogens is 262 g/mol. The van der Waals surface area contributed by atoms with Crippen molar-refractivity contribution in [2.75, 3.05) is 0 Å². The van der Waals surface area contributed by atoms with Gasteiger partial charge in [-0.2, -0.15) is 4.91 Å². The number of aliphatic carboxylic acids is 1. The van der Waals surface area contributed by atoms with Crippen LogP contribution in [0, 0.1) is 9.81 Å². The Bertz CT molecular complexity index is 325. The molecule has 4 N–H and O–H groups in total. The van der Waals surface area contributed by atoms with Crippen molar-refractivity contribution < 1.29 is 24.9 Å². The first-order chi connectivity index (χ1) is 7.90. The highest BCUT2D eigenvalue weighted by Gasteiger charge is 2.41. The number of carbonyl (C=O) groups excluding carboxylic acids is 1. The monoisotopic (exact) mass is 269 g/mol. The maximum Gasteiger partial charge on any atom is 0.334 e. The summed E-state index contributed by atoms with van der Waals surface area (Å²) in [4.78, 5) is 43.2. The molecule has 10 nitrogen and oxygen atoms in total. The minimum absolute atomic E-state index is 1.29. The molecule has 0 aromatic rings. The smallest absolute Gasteiger partial charge is 0.334 e. The van der Waals surface area contributed by atoms with Crippen LogP contribution in [-0.2, 0) is 9.59 Å². The molecule has 0 fully saturated rings. The molecule has 96 valence electrons. The number of hydrogen-bond donors (Lipinski definition) is 4. The van der Waals surface area contributed by atoms with Gasteiger partial charge < -0.3 is 15.3 Å². The van der Waals surface area contributed by atoms with E-state index in [1.54, 1.807) is 0 Å². The normalized spacial score (nSPS) is 17.4. The zero-order valence-corrected chi connectivity index (χ0v) is 8.81. The second-order valence-corrected chi connectivity index (χ2v) is 3.07. The Morgan fingerprint density at radius 1 is 1.18 bits per heavy atom. The van der Waals surface area contributed by atoms with Crippen LogP contribution >= 0.6 is 11.8 Å². The zero-order valence-electron chi connectivity index (χ0n) is 8.06. The van der Waals surface area contributed by atoms with Crippen molar-refractivity contribution in [3.8, 4) is 0 Å². The predicted octanol–water partition coefficient (Wildman–Crippen LogP) is -1.67. The third-order valence-corrected chi connectivity index (χ3v) is 2.03. The Kier molecular flexibility index (Phi) is 6.17. The molecule has 0 saturated heterocycles. The molecule has 0 aromatic carbocycles. The van der Waals surface area contributed by atoms with Crippen molar-refractivity contribution in [3.63, 3.8) is 0 Å². The van der Waals surface area contributed by atoms with E-state index in [0.717, 1.165) is 0 Å². The van der Waals surface area contributed by atoms with Gasteiger partial charge in [-0.3, -0.25) is 9.63 Å². The quantitative estimate of drug-likeness (QED) is 0.317. The van der Waals surface area contributed by atoms with Gasteiger partial charge in [0, 0.05) is 11.8 Å². The van der Waals surface area contributed by atoms with Gasteiger partial charge in [0.25, 0.3) is 5.91 Å². The van der Waals surface area contributed by atoms with Gasteiger partial charge in [-0.1, -0.05) is 10.4 Å². The highest BCUT2D eigenvalue weighted by Crippen LogP contribution is 2.12. The Balaban J connectivity index is 4.98. The number of nitrogens with zero attached hydrogens (tertiary/aromatic N) is 2. The number of carboxylic acid groups (broad SMARTS) is 1. The Hall–Kier alpha value is -1.65. The largest absolute Gasteiger partial charge is 0.479 e. The van der Waals surface area contributed by atoms with Crippen LogP contribution in [-0.4, -0.2) is 51.5 Å². The number of aliphatic hydroxyl groups excluding tert-OH is 2. The zero-order chi connectivity index (χ0) is 13.6. The first-order valence-electron chi connectivity index (χ1n) is 4.05. The molecule has 0 saturated carbocycles. The van der Waals surface area contributed by atoms with Gasteiger partial charge in [0.15, 0.2) is 12.1 Å². The summed E-state index contributed by atoms with van der Waals surface area (Å²) in [5, 5.41) is 31.2. The van der Waals surface area contributed by atoms with Crippen LogP contribution in [0.2, 0.25) is 0 Å². The van der Waals surface area contributed by atoms with E-state index in [1.807, 2.05) is 5.18 Å². The van der Waals surface area contributed by atoms with Crippen LogP contribution in [0.5, 0.6) is 0 Å². The number of rotatable bonds is 7. The Morgan fingerprint density at radius 2 is 1.71 bits per heavy atom. The van der Waals surface area contributed by atoms with Gasteiger partial charge in [-0.15, -0.1) is 4.91 Å². The van der Waals surface area contributed by atoms with E-state index in [0.29, 0.717) is 0 Å². The lowest BCUT2D eigenvalue weighted by Gasteiger charge is -2.21. The lowest BCUT2D eigenvalue weighted by Crippen LogP contribution is -2.50. The first kappa shape index (κ1) is 15.3. The fraction of sp³-hybridized carbons (Fsp3) is 0.667. The van der Waals surface area contributed by atoms with Crippen molar-refractivity contribution in [3.05, 3.63) is 9.81 Å². The topological polar surface area (TPSA) is 166 Å². The lowest BCUT2D eigenvalue weighted by molar-refractivity contribution is -0.143. The summed E-state index contributed by atoms with van der Waals surface area (Å²) < 4.78 is 0. The fourth-order valence-corrected chi connectivity index (χ4v) is 1.07. The number of aliphatic hydroxyl groups is 2. The second kappa shape index (κ2) is 6.83. The molecular formula is C6H8ClN3O7. The van der Waals surface area contributed by atoms with Crippen molar-refractivity contribution in [2.45, 2.75) is 24.3 Å². The summed E-state index contributed by atoms with van der Waals surface area (Å²) in [5.74, 6) is -3.12. The maximum atomic E-state index is 10.8. The molecule has 0 rings (SSSR count). The third kappa shape index (κ3) is 3.69. The summed E-state index contributed by atoms with van der Waals surface area (Å²) in [7, 11) is 0. The average molecular weight is 270 g/mol. The van der Waals surface area contributed by atoms with E-state index >= 15 is 0 Å². The highest BCUT2D eigenvalue weighted by molar-refractivity contribution is 6.22. The van der Waals surface area contributed by atoms with Crippen LogP contribution in [0.3, 0.4) is 0 Å². The summed E-state index contributed by atoms with van der Waals surface area (Å²) in [6.07, 6.45) is -4.46. The molecule has 1 amide bonds. The number of halogens is 1. The molecule has 0 aliphatic rings. The number of amides is 1. The number of nitroso groups, excluding NO2 is 2. The lowest BCUT2D eigenvalue weighted by atomic mass is 9.99. The van der Waals surface area contributed by atoms with E-state index < -0.39 is 36.2 Å². The second-order valence-electron chi connectivity index (χ2n) is 2.88. The number of carboxylic acids is 1. The molecule has 17 heavy (non-hydrogen) atoms. The number of hydrogen-bond acceptors (Lipinski definition) is 8. The number of carbonyl (C=O) groups is 2. The maximum absolute atomic E-state index is 10.8. The van der Waals surface area contributed by atoms with Crippen molar-refractivity contribution in [2.24, 2.45) is 10.4 Å². The predicted molar refractivity (Wildman–Crippen MR) is 52.8 cm³/mol. The van der Waals surface area contributed by atoms with Crippen LogP contribution < -0.4 is 4.84 Å². The molecule has 11 heteroatoms. The van der Waals surface area contributed by atoms with Crippen LogP contribution in [0.25, 0.3) is 0 Å². The molecule has 0 aliphatic carbocycles. The van der Waals surface area contributed by atoms with Crippen LogP contribution in [0.4, 0.5) is 0 Å². The molecule has 4 unspecified atom stereocenters. The fourth-order valence-electron chi connectivity index (χ4n) is 0.958. The SMILES string of the molecule is O=NC(C(=O)O)C(O)C(N=O)C(O)C(=O)NCl. The molecule has 4 atom stereocenters. The standard InChI is InChI=1S/C6H8ClN3O7/c7-8-5(13)4(12)1(9-16)3(11)2(10-17)6(14)15/h1-4,11-12H,(H,8,13)(H,14,15). The molecule has 0 spiro atoms. The molecule has 0 bridgehead atoms. The number of nitrogens with one attached hydrogen (secondary N) is 1. The van der Waals surface area contributed by atoms with Gasteiger partial charge in [0.05, 0.1) is 0 Å². The summed E-state index contributed by atoms with van der Waals surface area (Å²) in [6, 6.07) is -4.33. The van der Waals surface area contributed by atoms with E-state index in [-0.39, 0.29) is 0 Å². The molecule has 0 heterocycles. The molecule has 0 radical (unpaired) electrons. The van der Waals surface area contributed by atoms with E-state index in [1.165, 1.54) is 4.84 Å². The van der Waals surface area contributed by atoms with Gasteiger partial charge in [-0.25, -0.2) is 4.79 Å². The van der Waals surface area contributed by atoms with Gasteiger partial charge in [-0.05, 0) is 0 Å². The van der Waals surface area contributed by atoms with E-state index in [9.17, 15) is 29.6 Å². The third-order valence-electron chi connectivity index (χ3n) is 1.85. The first-order valence-corrected chi connectivity index (χ1v) is 4.42. The van der Waals surface area contributed by atoms with Crippen molar-refractivity contribution >= 4 is 23.7 Å². The summed E-state index contributed by atoms with van der Waals surface area (Å²) >= 11 is 4.84. The van der Waals surface area contributed by atoms with E-state index in [2.05, 4.69) is 5.18 Å². The Labute approximate surface area is 98.6 Å².